The van der Waals surface area contributed by atoms with Crippen molar-refractivity contribution in [1.82, 2.24) is 0 Å². The molecule has 1 aromatic carbocycles. The molecule has 0 fully saturated rings. The second kappa shape index (κ2) is 6.67. The van der Waals surface area contributed by atoms with Crippen LogP contribution < -0.4 is 11.1 Å². The molecule has 0 aromatic heterocycles. The third-order valence-electron chi connectivity index (χ3n) is 2.56. The number of carboxylic acids is 1. The van der Waals surface area contributed by atoms with E-state index in [9.17, 15) is 14.4 Å². The third kappa shape index (κ3) is 3.79. The first-order chi connectivity index (χ1) is 9.36. The van der Waals surface area contributed by atoms with Crippen molar-refractivity contribution in [2.75, 3.05) is 11.9 Å². The zero-order valence-corrected chi connectivity index (χ0v) is 11.2. The quantitative estimate of drug-likeness (QED) is 0.534. The highest BCUT2D eigenvalue weighted by Gasteiger charge is 2.23. The van der Waals surface area contributed by atoms with Gasteiger partial charge in [0.15, 0.2) is 6.04 Å². The number of esters is 1. The first kappa shape index (κ1) is 15.6. The summed E-state index contributed by atoms with van der Waals surface area (Å²) in [7, 11) is 0. The molecular formula is C13H16N2O5. The third-order valence-corrected chi connectivity index (χ3v) is 2.56. The molecule has 1 aromatic rings. The number of aromatic carboxylic acids is 1. The van der Waals surface area contributed by atoms with Gasteiger partial charge in [0.25, 0.3) is 5.91 Å². The molecular weight excluding hydrogens is 264 g/mol. The first-order valence-corrected chi connectivity index (χ1v) is 5.93. The van der Waals surface area contributed by atoms with Crippen LogP contribution in [-0.2, 0) is 14.3 Å². The Kier molecular flexibility index (Phi) is 5.22. The van der Waals surface area contributed by atoms with Crippen molar-refractivity contribution in [3.05, 3.63) is 29.3 Å². The van der Waals surface area contributed by atoms with Crippen LogP contribution in [0.25, 0.3) is 0 Å². The lowest BCUT2D eigenvalue weighted by molar-refractivity contribution is -0.146. The van der Waals surface area contributed by atoms with E-state index in [-0.39, 0.29) is 17.9 Å². The van der Waals surface area contributed by atoms with Gasteiger partial charge in [0.2, 0.25) is 0 Å². The van der Waals surface area contributed by atoms with Crippen molar-refractivity contribution in [2.45, 2.75) is 19.9 Å². The van der Waals surface area contributed by atoms with Gasteiger partial charge in [-0.05, 0) is 31.5 Å². The smallest absolute Gasteiger partial charge is 0.336 e. The second-order valence-corrected chi connectivity index (χ2v) is 4.05. The Hall–Kier alpha value is -2.41. The van der Waals surface area contributed by atoms with Crippen LogP contribution in [0.3, 0.4) is 0 Å². The highest BCUT2D eigenvalue weighted by Crippen LogP contribution is 2.15. The van der Waals surface area contributed by atoms with Crippen molar-refractivity contribution in [2.24, 2.45) is 5.73 Å². The van der Waals surface area contributed by atoms with Gasteiger partial charge in [-0.2, -0.15) is 0 Å². The molecule has 0 bridgehead atoms. The minimum atomic E-state index is -1.45. The van der Waals surface area contributed by atoms with E-state index in [4.69, 9.17) is 10.8 Å². The number of hydrogen-bond acceptors (Lipinski definition) is 5. The van der Waals surface area contributed by atoms with Crippen LogP contribution in [0.1, 0.15) is 22.8 Å². The Morgan fingerprint density at radius 1 is 1.40 bits per heavy atom. The Balaban J connectivity index is 2.83. The number of rotatable bonds is 5. The van der Waals surface area contributed by atoms with Crippen LogP contribution in [0.2, 0.25) is 0 Å². The molecule has 7 heteroatoms. The SMILES string of the molecule is CCOC(=O)C(N)C(=O)Nc1ccc(C)c(C(=O)O)c1. The van der Waals surface area contributed by atoms with E-state index in [1.54, 1.807) is 19.9 Å². The Morgan fingerprint density at radius 2 is 2.05 bits per heavy atom. The lowest BCUT2D eigenvalue weighted by Gasteiger charge is -2.12. The van der Waals surface area contributed by atoms with Crippen LogP contribution in [0.15, 0.2) is 18.2 Å². The van der Waals surface area contributed by atoms with E-state index in [1.807, 2.05) is 0 Å². The molecule has 0 heterocycles. The number of nitrogens with two attached hydrogens (primary N) is 1. The van der Waals surface area contributed by atoms with Crippen molar-refractivity contribution < 1.29 is 24.2 Å². The monoisotopic (exact) mass is 280 g/mol. The summed E-state index contributed by atoms with van der Waals surface area (Å²) in [6, 6.07) is 2.92. The van der Waals surface area contributed by atoms with Gasteiger partial charge in [0, 0.05) is 5.69 Å². The zero-order chi connectivity index (χ0) is 15.3. The van der Waals surface area contributed by atoms with Gasteiger partial charge < -0.3 is 20.9 Å². The van der Waals surface area contributed by atoms with Gasteiger partial charge in [-0.1, -0.05) is 6.07 Å². The molecule has 0 radical (unpaired) electrons. The van der Waals surface area contributed by atoms with Crippen LogP contribution in [-0.4, -0.2) is 35.6 Å². The highest BCUT2D eigenvalue weighted by molar-refractivity contribution is 6.08. The van der Waals surface area contributed by atoms with Gasteiger partial charge in [-0.15, -0.1) is 0 Å². The van der Waals surface area contributed by atoms with Gasteiger partial charge >= 0.3 is 11.9 Å². The van der Waals surface area contributed by atoms with Crippen molar-refractivity contribution in [1.29, 1.82) is 0 Å². The molecule has 1 unspecified atom stereocenters. The van der Waals surface area contributed by atoms with Crippen LogP contribution >= 0.6 is 0 Å². The van der Waals surface area contributed by atoms with E-state index in [2.05, 4.69) is 10.1 Å². The summed E-state index contributed by atoms with van der Waals surface area (Å²) >= 11 is 0. The van der Waals surface area contributed by atoms with Crippen molar-refractivity contribution >= 4 is 23.5 Å². The van der Waals surface area contributed by atoms with Crippen molar-refractivity contribution in [3.8, 4) is 0 Å². The number of carboxylic acid groups (broad SMARTS) is 1. The predicted octanol–water partition coefficient (Wildman–Crippen LogP) is 0.522. The lowest BCUT2D eigenvalue weighted by Crippen LogP contribution is -2.43. The molecule has 1 amide bonds. The van der Waals surface area contributed by atoms with Gasteiger partial charge in [-0.3, -0.25) is 4.79 Å². The number of aryl methyl sites for hydroxylation is 1. The van der Waals surface area contributed by atoms with Gasteiger partial charge in [-0.25, -0.2) is 9.59 Å². The number of benzene rings is 1. The topological polar surface area (TPSA) is 119 Å². The average molecular weight is 280 g/mol. The number of hydrogen-bond donors (Lipinski definition) is 3. The largest absolute Gasteiger partial charge is 0.478 e. The van der Waals surface area contributed by atoms with E-state index in [0.717, 1.165) is 0 Å². The summed E-state index contributed by atoms with van der Waals surface area (Å²) in [5.41, 5.74) is 6.29. The predicted molar refractivity (Wildman–Crippen MR) is 71.4 cm³/mol. The Labute approximate surface area is 115 Å². The fraction of sp³-hybridized carbons (Fsp3) is 0.308. The molecule has 0 aliphatic rings. The highest BCUT2D eigenvalue weighted by atomic mass is 16.5. The van der Waals surface area contributed by atoms with Gasteiger partial charge in [0.05, 0.1) is 12.2 Å². The molecule has 0 aliphatic heterocycles. The molecule has 1 rings (SSSR count). The van der Waals surface area contributed by atoms with Crippen LogP contribution in [0.4, 0.5) is 5.69 Å². The Morgan fingerprint density at radius 3 is 2.60 bits per heavy atom. The second-order valence-electron chi connectivity index (χ2n) is 4.05. The molecule has 7 nitrogen and oxygen atoms in total. The fourth-order valence-electron chi connectivity index (χ4n) is 1.49. The fourth-order valence-corrected chi connectivity index (χ4v) is 1.49. The Bertz CT molecular complexity index is 542. The molecule has 108 valence electrons. The minimum Gasteiger partial charge on any atom is -0.478 e. The molecule has 0 saturated carbocycles. The number of ether oxygens (including phenoxy) is 1. The summed E-state index contributed by atoms with van der Waals surface area (Å²) in [5, 5.41) is 11.4. The number of anilines is 1. The number of nitrogens with one attached hydrogen (secondary N) is 1. The first-order valence-electron chi connectivity index (χ1n) is 5.93. The van der Waals surface area contributed by atoms with Crippen LogP contribution in [0.5, 0.6) is 0 Å². The standard InChI is InChI=1S/C13H16N2O5/c1-3-20-13(19)10(14)11(16)15-8-5-4-7(2)9(6-8)12(17)18/h4-6,10H,3,14H2,1-2H3,(H,15,16)(H,17,18). The lowest BCUT2D eigenvalue weighted by atomic mass is 10.1. The molecule has 20 heavy (non-hydrogen) atoms. The van der Waals surface area contributed by atoms with E-state index >= 15 is 0 Å². The number of carbonyl (C=O) groups is 3. The molecule has 4 N–H and O–H groups in total. The summed E-state index contributed by atoms with van der Waals surface area (Å²) in [6.07, 6.45) is 0. The molecule has 0 saturated heterocycles. The normalized spacial score (nSPS) is 11.6. The summed E-state index contributed by atoms with van der Waals surface area (Å²) in [4.78, 5) is 34.0. The average Bonchev–Trinajstić information content (AvgIpc) is 2.39. The van der Waals surface area contributed by atoms with Gasteiger partial charge in [0.1, 0.15) is 0 Å². The van der Waals surface area contributed by atoms with Crippen molar-refractivity contribution in [3.63, 3.8) is 0 Å². The molecule has 0 aliphatic carbocycles. The maximum Gasteiger partial charge on any atom is 0.336 e. The summed E-state index contributed by atoms with van der Waals surface area (Å²) < 4.78 is 4.62. The zero-order valence-electron chi connectivity index (χ0n) is 11.2. The molecule has 1 atom stereocenters. The summed E-state index contributed by atoms with van der Waals surface area (Å²) in [5.74, 6) is -2.70. The van der Waals surface area contributed by atoms with E-state index in [0.29, 0.717) is 5.56 Å². The van der Waals surface area contributed by atoms with E-state index in [1.165, 1.54) is 12.1 Å². The maximum absolute atomic E-state index is 11.7. The summed E-state index contributed by atoms with van der Waals surface area (Å²) in [6.45, 7) is 3.36. The number of carbonyl (C=O) groups excluding carboxylic acids is 2. The maximum atomic E-state index is 11.7. The number of amides is 1. The molecule has 0 spiro atoms. The minimum absolute atomic E-state index is 0.0625. The van der Waals surface area contributed by atoms with E-state index < -0.39 is 23.9 Å². The van der Waals surface area contributed by atoms with Crippen LogP contribution in [0, 0.1) is 6.92 Å².